The fourth-order valence-corrected chi connectivity index (χ4v) is 3.17. The minimum atomic E-state index is -0.169. The number of pyridine rings is 1. The number of aromatic nitrogens is 1. The fraction of sp³-hybridized carbons (Fsp3) is 0.381. The van der Waals surface area contributed by atoms with E-state index in [1.807, 2.05) is 31.2 Å². The zero-order valence-corrected chi connectivity index (χ0v) is 16.3. The first kappa shape index (κ1) is 19.8. The zero-order chi connectivity index (χ0) is 20.0. The van der Waals surface area contributed by atoms with E-state index in [9.17, 15) is 9.18 Å². The molecule has 0 unspecified atom stereocenters. The van der Waals surface area contributed by atoms with Crippen molar-refractivity contribution >= 4 is 17.7 Å². The second-order valence-electron chi connectivity index (χ2n) is 7.08. The molecule has 3 N–H and O–H groups in total. The Morgan fingerprint density at radius 2 is 1.96 bits per heavy atom. The number of guanidine groups is 1. The highest BCUT2D eigenvalue weighted by molar-refractivity contribution is 5.90. The molecule has 0 radical (unpaired) electrons. The first-order valence-corrected chi connectivity index (χ1v) is 9.45. The Balaban J connectivity index is 1.44. The van der Waals surface area contributed by atoms with E-state index in [0.29, 0.717) is 24.9 Å². The quantitative estimate of drug-likeness (QED) is 0.507. The molecule has 0 spiro atoms. The lowest BCUT2D eigenvalue weighted by molar-refractivity contribution is -0.116. The monoisotopic (exact) mass is 383 g/mol. The first-order valence-electron chi connectivity index (χ1n) is 9.45. The molecule has 148 valence electrons. The lowest BCUT2D eigenvalue weighted by Crippen LogP contribution is -2.42. The van der Waals surface area contributed by atoms with Gasteiger partial charge in [-0.15, -0.1) is 0 Å². The molecule has 0 aliphatic heterocycles. The minimum absolute atomic E-state index is 0.119. The lowest BCUT2D eigenvalue weighted by Gasteiger charge is -2.19. The van der Waals surface area contributed by atoms with E-state index in [1.54, 1.807) is 19.2 Å². The topological polar surface area (TPSA) is 78.4 Å². The number of hydrogen-bond acceptors (Lipinski definition) is 3. The van der Waals surface area contributed by atoms with Crippen molar-refractivity contribution in [2.24, 2.45) is 4.99 Å². The highest BCUT2D eigenvalue weighted by Gasteiger charge is 2.45. The molecular weight excluding hydrogens is 357 g/mol. The Morgan fingerprint density at radius 1 is 1.18 bits per heavy atom. The molecule has 6 nitrogen and oxygen atoms in total. The molecule has 1 aromatic carbocycles. The molecule has 1 saturated carbocycles. The van der Waals surface area contributed by atoms with Gasteiger partial charge in [-0.05, 0) is 43.5 Å². The van der Waals surface area contributed by atoms with E-state index in [1.165, 1.54) is 6.07 Å². The lowest BCUT2D eigenvalue weighted by atomic mass is 9.95. The molecule has 1 aliphatic carbocycles. The number of carbonyl (C=O) groups is 1. The molecule has 28 heavy (non-hydrogen) atoms. The number of hydrogen-bond donors (Lipinski definition) is 3. The summed E-state index contributed by atoms with van der Waals surface area (Å²) in [6.07, 6.45) is 2.18. The van der Waals surface area contributed by atoms with Crippen LogP contribution in [0.1, 0.15) is 30.5 Å². The number of nitrogens with one attached hydrogen (secondary N) is 3. The van der Waals surface area contributed by atoms with Gasteiger partial charge in [0.05, 0.1) is 0 Å². The molecule has 1 amide bonds. The summed E-state index contributed by atoms with van der Waals surface area (Å²) in [6, 6.07) is 12.4. The summed E-state index contributed by atoms with van der Waals surface area (Å²) in [7, 11) is 1.68. The number of anilines is 1. The van der Waals surface area contributed by atoms with Gasteiger partial charge in [-0.2, -0.15) is 0 Å². The average Bonchev–Trinajstić information content (AvgIpc) is 3.46. The molecule has 0 bridgehead atoms. The van der Waals surface area contributed by atoms with Crippen molar-refractivity contribution in [3.05, 3.63) is 59.5 Å². The van der Waals surface area contributed by atoms with E-state index in [-0.39, 0.29) is 23.6 Å². The molecule has 3 rings (SSSR count). The highest BCUT2D eigenvalue weighted by atomic mass is 19.1. The van der Waals surface area contributed by atoms with Crippen molar-refractivity contribution in [3.8, 4) is 0 Å². The van der Waals surface area contributed by atoms with Crippen molar-refractivity contribution in [2.75, 3.05) is 25.5 Å². The second-order valence-corrected chi connectivity index (χ2v) is 7.08. The van der Waals surface area contributed by atoms with Gasteiger partial charge in [0.15, 0.2) is 5.96 Å². The fourth-order valence-electron chi connectivity index (χ4n) is 3.17. The van der Waals surface area contributed by atoms with Gasteiger partial charge in [0.25, 0.3) is 0 Å². The standard InChI is InChI=1S/C21H26FN5O/c1-15-6-5-9-18(26-15)27-19(28)10-13-24-20(23-2)25-14-21(11-12-21)16-7-3-4-8-17(16)22/h3-9H,10-14H2,1-2H3,(H2,23,24,25)(H,26,27,28). The third kappa shape index (κ3) is 5.06. The summed E-state index contributed by atoms with van der Waals surface area (Å²) < 4.78 is 14.1. The third-order valence-corrected chi connectivity index (χ3v) is 4.92. The summed E-state index contributed by atoms with van der Waals surface area (Å²) in [4.78, 5) is 20.5. The number of rotatable bonds is 7. The van der Waals surface area contributed by atoms with Gasteiger partial charge in [-0.3, -0.25) is 9.79 Å². The predicted molar refractivity (Wildman–Crippen MR) is 109 cm³/mol. The van der Waals surface area contributed by atoms with Crippen LogP contribution >= 0.6 is 0 Å². The second kappa shape index (κ2) is 8.82. The van der Waals surface area contributed by atoms with Gasteiger partial charge in [0.2, 0.25) is 5.91 Å². The molecule has 0 atom stereocenters. The number of benzene rings is 1. The summed E-state index contributed by atoms with van der Waals surface area (Å²) in [5, 5.41) is 9.16. The molecule has 7 heteroatoms. The Bertz CT molecular complexity index is 863. The van der Waals surface area contributed by atoms with Gasteiger partial charge in [0, 0.05) is 37.7 Å². The number of halogens is 1. The molecule has 2 aromatic rings. The minimum Gasteiger partial charge on any atom is -0.356 e. The van der Waals surface area contributed by atoms with E-state index in [4.69, 9.17) is 0 Å². The van der Waals surface area contributed by atoms with Crippen LogP contribution in [-0.4, -0.2) is 37.0 Å². The van der Waals surface area contributed by atoms with Crippen LogP contribution in [0, 0.1) is 12.7 Å². The van der Waals surface area contributed by atoms with Crippen LogP contribution in [0.25, 0.3) is 0 Å². The smallest absolute Gasteiger partial charge is 0.227 e. The maximum Gasteiger partial charge on any atom is 0.227 e. The van der Waals surface area contributed by atoms with Crippen LogP contribution in [0.3, 0.4) is 0 Å². The third-order valence-electron chi connectivity index (χ3n) is 4.92. The number of amides is 1. The van der Waals surface area contributed by atoms with Gasteiger partial charge in [-0.1, -0.05) is 24.3 Å². The van der Waals surface area contributed by atoms with Crippen LogP contribution < -0.4 is 16.0 Å². The molecule has 1 aliphatic rings. The molecule has 1 aromatic heterocycles. The SMILES string of the molecule is CN=C(NCCC(=O)Nc1cccc(C)n1)NCC1(c2ccccc2F)CC1. The summed E-state index contributed by atoms with van der Waals surface area (Å²) >= 11 is 0. The average molecular weight is 383 g/mol. The van der Waals surface area contributed by atoms with E-state index in [2.05, 4.69) is 25.9 Å². The van der Waals surface area contributed by atoms with E-state index in [0.717, 1.165) is 24.1 Å². The molecular formula is C21H26FN5O. The van der Waals surface area contributed by atoms with Crippen LogP contribution in [0.15, 0.2) is 47.5 Å². The van der Waals surface area contributed by atoms with Crippen molar-refractivity contribution < 1.29 is 9.18 Å². The Morgan fingerprint density at radius 3 is 2.64 bits per heavy atom. The van der Waals surface area contributed by atoms with Crippen molar-refractivity contribution in [1.82, 2.24) is 15.6 Å². The number of carbonyl (C=O) groups excluding carboxylic acids is 1. The van der Waals surface area contributed by atoms with Crippen LogP contribution in [0.2, 0.25) is 0 Å². The number of aliphatic imine (C=N–C) groups is 1. The predicted octanol–water partition coefficient (Wildman–Crippen LogP) is 2.75. The van der Waals surface area contributed by atoms with Crippen molar-refractivity contribution in [2.45, 2.75) is 31.6 Å². The van der Waals surface area contributed by atoms with Crippen molar-refractivity contribution in [3.63, 3.8) is 0 Å². The maximum absolute atomic E-state index is 14.1. The highest BCUT2D eigenvalue weighted by Crippen LogP contribution is 2.48. The van der Waals surface area contributed by atoms with Gasteiger partial charge in [-0.25, -0.2) is 9.37 Å². The summed E-state index contributed by atoms with van der Waals surface area (Å²) in [5.74, 6) is 0.870. The van der Waals surface area contributed by atoms with E-state index < -0.39 is 0 Å². The van der Waals surface area contributed by atoms with Gasteiger partial charge < -0.3 is 16.0 Å². The Labute approximate surface area is 164 Å². The van der Waals surface area contributed by atoms with Crippen LogP contribution in [-0.2, 0) is 10.2 Å². The van der Waals surface area contributed by atoms with Crippen molar-refractivity contribution in [1.29, 1.82) is 0 Å². The number of nitrogens with zero attached hydrogens (tertiary/aromatic N) is 2. The summed E-state index contributed by atoms with van der Waals surface area (Å²) in [6.45, 7) is 2.91. The first-order chi connectivity index (χ1) is 13.5. The van der Waals surface area contributed by atoms with Gasteiger partial charge in [0.1, 0.15) is 11.6 Å². The van der Waals surface area contributed by atoms with Gasteiger partial charge >= 0.3 is 0 Å². The Hall–Kier alpha value is -2.96. The Kier molecular flexibility index (Phi) is 6.23. The normalized spacial score (nSPS) is 15.0. The molecule has 1 fully saturated rings. The van der Waals surface area contributed by atoms with Crippen LogP contribution in [0.5, 0.6) is 0 Å². The largest absolute Gasteiger partial charge is 0.356 e. The number of aryl methyl sites for hydroxylation is 1. The van der Waals surface area contributed by atoms with E-state index >= 15 is 0 Å². The maximum atomic E-state index is 14.1. The summed E-state index contributed by atoms with van der Waals surface area (Å²) in [5.41, 5.74) is 1.43. The molecule has 0 saturated heterocycles. The molecule has 1 heterocycles. The zero-order valence-electron chi connectivity index (χ0n) is 16.3. The van der Waals surface area contributed by atoms with Crippen LogP contribution in [0.4, 0.5) is 10.2 Å².